The van der Waals surface area contributed by atoms with Crippen LogP contribution in [0.5, 0.6) is 0 Å². The number of rotatable bonds is 5. The molecule has 0 aliphatic carbocycles. The van der Waals surface area contributed by atoms with Gasteiger partial charge in [-0.15, -0.1) is 0 Å². The first-order chi connectivity index (χ1) is 9.79. The van der Waals surface area contributed by atoms with Crippen molar-refractivity contribution in [2.45, 2.75) is 11.4 Å². The van der Waals surface area contributed by atoms with Crippen molar-refractivity contribution < 1.29 is 31.5 Å². The molecule has 0 radical (unpaired) electrons. The van der Waals surface area contributed by atoms with Crippen LogP contribution < -0.4 is 4.72 Å². The lowest BCUT2D eigenvalue weighted by Crippen LogP contribution is -2.24. The summed E-state index contributed by atoms with van der Waals surface area (Å²) in [5.74, 6) is -3.65. The summed E-state index contributed by atoms with van der Waals surface area (Å²) in [6.07, 6.45) is 0. The Morgan fingerprint density at radius 2 is 1.95 bits per heavy atom. The van der Waals surface area contributed by atoms with Gasteiger partial charge in [0.2, 0.25) is 15.8 Å². The van der Waals surface area contributed by atoms with Gasteiger partial charge in [0.25, 0.3) is 0 Å². The fraction of sp³-hybridized carbons (Fsp3) is 0.0833. The largest absolute Gasteiger partial charge is 0.475 e. The second-order valence-corrected chi connectivity index (χ2v) is 5.71. The molecule has 0 aliphatic rings. The van der Waals surface area contributed by atoms with E-state index in [-0.39, 0.29) is 11.5 Å². The topological polar surface area (TPSA) is 96.6 Å². The molecule has 1 aromatic heterocycles. The highest BCUT2D eigenvalue weighted by molar-refractivity contribution is 7.89. The number of furan rings is 1. The van der Waals surface area contributed by atoms with E-state index >= 15 is 0 Å². The van der Waals surface area contributed by atoms with E-state index in [1.165, 1.54) is 6.07 Å². The number of sulfonamides is 1. The van der Waals surface area contributed by atoms with Crippen molar-refractivity contribution in [3.8, 4) is 0 Å². The maximum atomic E-state index is 13.4. The Hall–Kier alpha value is -2.26. The number of benzene rings is 1. The number of nitrogens with one attached hydrogen (secondary N) is 1. The van der Waals surface area contributed by atoms with Gasteiger partial charge in [-0.1, -0.05) is 0 Å². The molecule has 0 aliphatic heterocycles. The standard InChI is InChI=1S/C12H9F2NO5S/c13-7-1-3-9(14)11(5-7)21(18,19)15-6-8-2-4-10(20-8)12(16)17/h1-5,15H,6H2,(H,16,17). The van der Waals surface area contributed by atoms with Crippen LogP contribution in [0.25, 0.3) is 0 Å². The average molecular weight is 317 g/mol. The average Bonchev–Trinajstić information content (AvgIpc) is 2.88. The molecule has 2 aromatic rings. The van der Waals surface area contributed by atoms with Gasteiger partial charge in [0.1, 0.15) is 22.3 Å². The number of halogens is 2. The number of aromatic carboxylic acids is 1. The zero-order valence-corrected chi connectivity index (χ0v) is 11.2. The summed E-state index contributed by atoms with van der Waals surface area (Å²) in [4.78, 5) is 9.76. The summed E-state index contributed by atoms with van der Waals surface area (Å²) < 4.78 is 56.9. The summed E-state index contributed by atoms with van der Waals surface area (Å²) in [6.45, 7) is -0.397. The van der Waals surface area contributed by atoms with Crippen LogP contribution in [0, 0.1) is 11.6 Å². The van der Waals surface area contributed by atoms with E-state index in [1.807, 2.05) is 4.72 Å². The van der Waals surface area contributed by atoms with Gasteiger partial charge in [-0.25, -0.2) is 26.7 Å². The second-order valence-electron chi connectivity index (χ2n) is 3.97. The summed E-state index contributed by atoms with van der Waals surface area (Å²) in [5.41, 5.74) is 0. The molecule has 21 heavy (non-hydrogen) atoms. The highest BCUT2D eigenvalue weighted by Crippen LogP contribution is 2.16. The van der Waals surface area contributed by atoms with Crippen molar-refractivity contribution in [2.75, 3.05) is 0 Å². The molecule has 0 atom stereocenters. The Bertz CT molecular complexity index is 785. The molecule has 6 nitrogen and oxygen atoms in total. The van der Waals surface area contributed by atoms with E-state index in [4.69, 9.17) is 9.52 Å². The summed E-state index contributed by atoms with van der Waals surface area (Å²) in [5, 5.41) is 8.65. The van der Waals surface area contributed by atoms with Crippen LogP contribution in [0.2, 0.25) is 0 Å². The highest BCUT2D eigenvalue weighted by atomic mass is 32.2. The fourth-order valence-electron chi connectivity index (χ4n) is 1.51. The van der Waals surface area contributed by atoms with Crippen molar-refractivity contribution in [2.24, 2.45) is 0 Å². The molecule has 112 valence electrons. The number of hydrogen-bond acceptors (Lipinski definition) is 4. The van der Waals surface area contributed by atoms with Crippen LogP contribution in [-0.4, -0.2) is 19.5 Å². The van der Waals surface area contributed by atoms with Gasteiger partial charge in [-0.05, 0) is 30.3 Å². The minimum atomic E-state index is -4.30. The Balaban J connectivity index is 2.17. The minimum Gasteiger partial charge on any atom is -0.475 e. The first kappa shape index (κ1) is 15.1. The zero-order chi connectivity index (χ0) is 15.6. The Labute approximate surface area is 118 Å². The lowest BCUT2D eigenvalue weighted by Gasteiger charge is -2.06. The van der Waals surface area contributed by atoms with Gasteiger partial charge < -0.3 is 9.52 Å². The van der Waals surface area contributed by atoms with Gasteiger partial charge in [0, 0.05) is 0 Å². The molecule has 0 saturated heterocycles. The van der Waals surface area contributed by atoms with Gasteiger partial charge >= 0.3 is 5.97 Å². The Morgan fingerprint density at radius 1 is 1.24 bits per heavy atom. The number of carboxylic acids is 1. The molecule has 2 N–H and O–H groups in total. The lowest BCUT2D eigenvalue weighted by molar-refractivity contribution is 0.0660. The Morgan fingerprint density at radius 3 is 2.57 bits per heavy atom. The predicted octanol–water partition coefficient (Wildman–Crippen LogP) is 1.73. The summed E-state index contributed by atoms with van der Waals surface area (Å²) in [6, 6.07) is 4.43. The van der Waals surface area contributed by atoms with Crippen molar-refractivity contribution >= 4 is 16.0 Å². The van der Waals surface area contributed by atoms with Crippen LogP contribution in [0.4, 0.5) is 8.78 Å². The van der Waals surface area contributed by atoms with E-state index < -0.39 is 39.1 Å². The maximum Gasteiger partial charge on any atom is 0.371 e. The molecule has 0 unspecified atom stereocenters. The van der Waals surface area contributed by atoms with E-state index in [2.05, 4.69) is 0 Å². The SMILES string of the molecule is O=C(O)c1ccc(CNS(=O)(=O)c2cc(F)ccc2F)o1. The molecule has 0 saturated carbocycles. The quantitative estimate of drug-likeness (QED) is 0.875. The molecule has 0 spiro atoms. The Kier molecular flexibility index (Phi) is 4.05. The van der Waals surface area contributed by atoms with Gasteiger partial charge in [-0.3, -0.25) is 0 Å². The van der Waals surface area contributed by atoms with E-state index in [0.717, 1.165) is 12.1 Å². The van der Waals surface area contributed by atoms with Gasteiger partial charge in [0.05, 0.1) is 6.54 Å². The molecule has 9 heteroatoms. The fourth-order valence-corrected chi connectivity index (χ4v) is 2.60. The van der Waals surface area contributed by atoms with Crippen molar-refractivity contribution in [1.82, 2.24) is 4.72 Å². The van der Waals surface area contributed by atoms with Crippen LogP contribution in [0.3, 0.4) is 0 Å². The van der Waals surface area contributed by atoms with Crippen LogP contribution >= 0.6 is 0 Å². The van der Waals surface area contributed by atoms with E-state index in [9.17, 15) is 22.0 Å². The first-order valence-electron chi connectivity index (χ1n) is 5.56. The zero-order valence-electron chi connectivity index (χ0n) is 10.3. The monoisotopic (exact) mass is 317 g/mol. The number of carbonyl (C=O) groups is 1. The molecule has 0 amide bonds. The third kappa shape index (κ3) is 3.44. The third-order valence-corrected chi connectivity index (χ3v) is 3.91. The first-order valence-corrected chi connectivity index (χ1v) is 7.04. The predicted molar refractivity (Wildman–Crippen MR) is 66.1 cm³/mol. The minimum absolute atomic E-state index is 0.0211. The van der Waals surface area contributed by atoms with Crippen LogP contribution in [0.1, 0.15) is 16.3 Å². The van der Waals surface area contributed by atoms with Crippen LogP contribution in [-0.2, 0) is 16.6 Å². The molecule has 1 aromatic carbocycles. The molecule has 1 heterocycles. The van der Waals surface area contributed by atoms with Crippen molar-refractivity contribution in [3.05, 3.63) is 53.5 Å². The molecule has 0 fully saturated rings. The lowest BCUT2D eigenvalue weighted by atomic mass is 10.3. The number of carboxylic acid groups (broad SMARTS) is 1. The normalized spacial score (nSPS) is 11.5. The maximum absolute atomic E-state index is 13.4. The molecule has 0 bridgehead atoms. The van der Waals surface area contributed by atoms with E-state index in [1.54, 1.807) is 0 Å². The summed E-state index contributed by atoms with van der Waals surface area (Å²) >= 11 is 0. The van der Waals surface area contributed by atoms with Crippen LogP contribution in [0.15, 0.2) is 39.6 Å². The van der Waals surface area contributed by atoms with Crippen molar-refractivity contribution in [1.29, 1.82) is 0 Å². The van der Waals surface area contributed by atoms with E-state index in [0.29, 0.717) is 12.1 Å². The summed E-state index contributed by atoms with van der Waals surface area (Å²) in [7, 11) is -4.30. The molecular weight excluding hydrogens is 308 g/mol. The van der Waals surface area contributed by atoms with Gasteiger partial charge in [0.15, 0.2) is 0 Å². The van der Waals surface area contributed by atoms with Gasteiger partial charge in [-0.2, -0.15) is 0 Å². The number of hydrogen-bond donors (Lipinski definition) is 2. The molecular formula is C12H9F2NO5S. The second kappa shape index (κ2) is 5.62. The molecule has 2 rings (SSSR count). The smallest absolute Gasteiger partial charge is 0.371 e. The van der Waals surface area contributed by atoms with Crippen molar-refractivity contribution in [3.63, 3.8) is 0 Å². The highest BCUT2D eigenvalue weighted by Gasteiger charge is 2.20. The third-order valence-electron chi connectivity index (χ3n) is 2.49.